The second-order valence-corrected chi connectivity index (χ2v) is 6.34. The van der Waals surface area contributed by atoms with Gasteiger partial charge in [0.15, 0.2) is 0 Å². The second kappa shape index (κ2) is 7.87. The summed E-state index contributed by atoms with van der Waals surface area (Å²) in [5, 5.41) is 3.79. The van der Waals surface area contributed by atoms with Gasteiger partial charge >= 0.3 is 0 Å². The lowest BCUT2D eigenvalue weighted by atomic mass is 10.1. The van der Waals surface area contributed by atoms with Gasteiger partial charge in [0.05, 0.1) is 7.11 Å². The lowest BCUT2D eigenvalue weighted by Gasteiger charge is -2.07. The number of hydrogen-bond acceptors (Lipinski definition) is 3. The summed E-state index contributed by atoms with van der Waals surface area (Å²) in [6, 6.07) is 15.3. The number of aryl methyl sites for hydroxylation is 2. The SMILES string of the molecule is COc1ccc2[nH]c(=O)c(CCC(=O)NCc3cccc(C)c3)cc2c1. The number of aromatic nitrogens is 1. The third-order valence-electron chi connectivity index (χ3n) is 4.32. The molecule has 3 aromatic rings. The lowest BCUT2D eigenvalue weighted by molar-refractivity contribution is -0.121. The molecule has 1 heterocycles. The van der Waals surface area contributed by atoms with E-state index in [1.807, 2.05) is 49.4 Å². The third kappa shape index (κ3) is 4.30. The Balaban J connectivity index is 1.64. The molecule has 0 aliphatic carbocycles. The van der Waals surface area contributed by atoms with Gasteiger partial charge in [0.2, 0.25) is 5.91 Å². The van der Waals surface area contributed by atoms with Crippen molar-refractivity contribution in [3.8, 4) is 5.75 Å². The number of amides is 1. The zero-order valence-electron chi connectivity index (χ0n) is 15.0. The normalized spacial score (nSPS) is 10.7. The smallest absolute Gasteiger partial charge is 0.251 e. The number of ether oxygens (including phenoxy) is 1. The summed E-state index contributed by atoms with van der Waals surface area (Å²) >= 11 is 0. The Morgan fingerprint density at radius 1 is 1.15 bits per heavy atom. The Morgan fingerprint density at radius 3 is 2.77 bits per heavy atom. The van der Waals surface area contributed by atoms with Crippen LogP contribution in [0.5, 0.6) is 5.75 Å². The van der Waals surface area contributed by atoms with Crippen LogP contribution in [-0.4, -0.2) is 18.0 Å². The maximum Gasteiger partial charge on any atom is 0.251 e. The minimum Gasteiger partial charge on any atom is -0.497 e. The van der Waals surface area contributed by atoms with E-state index >= 15 is 0 Å². The van der Waals surface area contributed by atoms with Gasteiger partial charge in [-0.3, -0.25) is 9.59 Å². The number of methoxy groups -OCH3 is 1. The molecule has 2 N–H and O–H groups in total. The Hall–Kier alpha value is -3.08. The van der Waals surface area contributed by atoms with E-state index in [0.29, 0.717) is 18.5 Å². The summed E-state index contributed by atoms with van der Waals surface area (Å²) < 4.78 is 5.22. The number of aromatic amines is 1. The first-order chi connectivity index (χ1) is 12.5. The number of hydrogen-bond donors (Lipinski definition) is 2. The quantitative estimate of drug-likeness (QED) is 0.718. The predicted molar refractivity (Wildman–Crippen MR) is 102 cm³/mol. The Labute approximate surface area is 152 Å². The molecule has 0 saturated heterocycles. The van der Waals surface area contributed by atoms with Gasteiger partial charge < -0.3 is 15.0 Å². The van der Waals surface area contributed by atoms with E-state index in [1.54, 1.807) is 13.2 Å². The summed E-state index contributed by atoms with van der Waals surface area (Å²) in [6.07, 6.45) is 0.659. The van der Waals surface area contributed by atoms with Crippen molar-refractivity contribution in [2.24, 2.45) is 0 Å². The fourth-order valence-corrected chi connectivity index (χ4v) is 2.90. The van der Waals surface area contributed by atoms with Crippen LogP contribution in [0.3, 0.4) is 0 Å². The number of fused-ring (bicyclic) bond motifs is 1. The molecule has 0 bridgehead atoms. The van der Waals surface area contributed by atoms with Gasteiger partial charge in [0, 0.05) is 29.4 Å². The molecule has 2 aromatic carbocycles. The maximum atomic E-state index is 12.2. The van der Waals surface area contributed by atoms with Crippen LogP contribution in [0.2, 0.25) is 0 Å². The minimum atomic E-state index is -0.158. The van der Waals surface area contributed by atoms with Crippen LogP contribution < -0.4 is 15.6 Å². The molecule has 5 nitrogen and oxygen atoms in total. The summed E-state index contributed by atoms with van der Waals surface area (Å²) in [5.74, 6) is 0.656. The molecule has 0 saturated carbocycles. The summed E-state index contributed by atoms with van der Waals surface area (Å²) in [6.45, 7) is 2.51. The average molecular weight is 350 g/mol. The molecule has 134 valence electrons. The molecule has 0 spiro atoms. The number of carbonyl (C=O) groups excluding carboxylic acids is 1. The first-order valence-electron chi connectivity index (χ1n) is 8.57. The lowest BCUT2D eigenvalue weighted by Crippen LogP contribution is -2.24. The van der Waals surface area contributed by atoms with E-state index in [1.165, 1.54) is 0 Å². The molecular formula is C21H22N2O3. The zero-order chi connectivity index (χ0) is 18.5. The monoisotopic (exact) mass is 350 g/mol. The van der Waals surface area contributed by atoms with Crippen molar-refractivity contribution in [2.45, 2.75) is 26.3 Å². The first kappa shape index (κ1) is 17.7. The van der Waals surface area contributed by atoms with Crippen molar-refractivity contribution in [3.63, 3.8) is 0 Å². The summed E-state index contributed by atoms with van der Waals surface area (Å²) in [7, 11) is 1.60. The highest BCUT2D eigenvalue weighted by molar-refractivity contribution is 5.81. The van der Waals surface area contributed by atoms with Gasteiger partial charge in [-0.25, -0.2) is 0 Å². The number of rotatable bonds is 6. The Morgan fingerprint density at radius 2 is 2.00 bits per heavy atom. The number of pyridine rings is 1. The average Bonchev–Trinajstić information content (AvgIpc) is 2.64. The molecule has 0 fully saturated rings. The fraction of sp³-hybridized carbons (Fsp3) is 0.238. The fourth-order valence-electron chi connectivity index (χ4n) is 2.90. The van der Waals surface area contributed by atoms with Crippen molar-refractivity contribution in [3.05, 3.63) is 75.6 Å². The van der Waals surface area contributed by atoms with Gasteiger partial charge in [-0.05, 0) is 43.2 Å². The number of carbonyl (C=O) groups is 1. The molecule has 1 aromatic heterocycles. The van der Waals surface area contributed by atoms with Crippen LogP contribution in [-0.2, 0) is 17.8 Å². The van der Waals surface area contributed by atoms with E-state index in [9.17, 15) is 9.59 Å². The topological polar surface area (TPSA) is 71.2 Å². The van der Waals surface area contributed by atoms with E-state index < -0.39 is 0 Å². The second-order valence-electron chi connectivity index (χ2n) is 6.34. The Bertz CT molecular complexity index is 992. The molecule has 0 atom stereocenters. The highest BCUT2D eigenvalue weighted by Gasteiger charge is 2.08. The molecule has 0 radical (unpaired) electrons. The number of nitrogens with one attached hydrogen (secondary N) is 2. The van der Waals surface area contributed by atoms with Crippen LogP contribution in [0, 0.1) is 6.92 Å². The predicted octanol–water partition coefficient (Wildman–Crippen LogP) is 3.09. The van der Waals surface area contributed by atoms with Gasteiger partial charge in [0.1, 0.15) is 5.75 Å². The standard InChI is InChI=1S/C21H22N2O3/c1-14-4-3-5-15(10-14)13-22-20(24)9-6-16-11-17-12-18(26-2)7-8-19(17)23-21(16)25/h3-5,7-8,10-12H,6,9,13H2,1-2H3,(H,22,24)(H,23,25). The maximum absolute atomic E-state index is 12.2. The molecule has 26 heavy (non-hydrogen) atoms. The van der Waals surface area contributed by atoms with Gasteiger partial charge in [-0.1, -0.05) is 29.8 Å². The van der Waals surface area contributed by atoms with Crippen molar-refractivity contribution >= 4 is 16.8 Å². The largest absolute Gasteiger partial charge is 0.497 e. The zero-order valence-corrected chi connectivity index (χ0v) is 15.0. The van der Waals surface area contributed by atoms with E-state index in [4.69, 9.17) is 4.74 Å². The van der Waals surface area contributed by atoms with Crippen LogP contribution in [0.1, 0.15) is 23.1 Å². The van der Waals surface area contributed by atoms with Gasteiger partial charge in [-0.2, -0.15) is 0 Å². The van der Waals surface area contributed by atoms with Crippen molar-refractivity contribution in [1.82, 2.24) is 10.3 Å². The molecule has 0 unspecified atom stereocenters. The van der Waals surface area contributed by atoms with E-state index in [-0.39, 0.29) is 17.9 Å². The van der Waals surface area contributed by atoms with Crippen LogP contribution in [0.25, 0.3) is 10.9 Å². The first-order valence-corrected chi connectivity index (χ1v) is 8.57. The van der Waals surface area contributed by atoms with Gasteiger partial charge in [0.25, 0.3) is 5.56 Å². The van der Waals surface area contributed by atoms with Crippen LogP contribution in [0.4, 0.5) is 0 Å². The summed E-state index contributed by atoms with van der Waals surface area (Å²) in [5.41, 5.74) is 3.41. The van der Waals surface area contributed by atoms with Gasteiger partial charge in [-0.15, -0.1) is 0 Å². The van der Waals surface area contributed by atoms with Crippen molar-refractivity contribution < 1.29 is 9.53 Å². The minimum absolute atomic E-state index is 0.0726. The molecule has 0 aliphatic heterocycles. The highest BCUT2D eigenvalue weighted by atomic mass is 16.5. The van der Waals surface area contributed by atoms with Crippen LogP contribution >= 0.6 is 0 Å². The highest BCUT2D eigenvalue weighted by Crippen LogP contribution is 2.19. The molecule has 3 rings (SSSR count). The molecule has 5 heteroatoms. The number of H-pyrrole nitrogens is 1. The van der Waals surface area contributed by atoms with E-state index in [0.717, 1.165) is 27.8 Å². The third-order valence-corrected chi connectivity index (χ3v) is 4.32. The Kier molecular flexibility index (Phi) is 5.37. The van der Waals surface area contributed by atoms with Crippen molar-refractivity contribution in [2.75, 3.05) is 7.11 Å². The number of benzene rings is 2. The molecular weight excluding hydrogens is 328 g/mol. The van der Waals surface area contributed by atoms with Crippen LogP contribution in [0.15, 0.2) is 53.3 Å². The van der Waals surface area contributed by atoms with E-state index in [2.05, 4.69) is 10.3 Å². The molecule has 1 amide bonds. The molecule has 0 aliphatic rings. The summed E-state index contributed by atoms with van der Waals surface area (Å²) in [4.78, 5) is 27.2. The van der Waals surface area contributed by atoms with Crippen molar-refractivity contribution in [1.29, 1.82) is 0 Å².